The summed E-state index contributed by atoms with van der Waals surface area (Å²) in [5.74, 6) is 0.616. The van der Waals surface area contributed by atoms with E-state index in [1.807, 2.05) is 0 Å². The lowest BCUT2D eigenvalue weighted by molar-refractivity contribution is 0.0951. The highest BCUT2D eigenvalue weighted by atomic mass is 32.2. The van der Waals surface area contributed by atoms with Gasteiger partial charge in [0.15, 0.2) is 0 Å². The number of anilines is 1. The van der Waals surface area contributed by atoms with Crippen LogP contribution in [0.2, 0.25) is 0 Å². The Morgan fingerprint density at radius 1 is 1.11 bits per heavy atom. The van der Waals surface area contributed by atoms with E-state index in [2.05, 4.69) is 5.32 Å². The van der Waals surface area contributed by atoms with Crippen molar-refractivity contribution < 1.29 is 13.2 Å². The zero-order valence-corrected chi connectivity index (χ0v) is 17.9. The van der Waals surface area contributed by atoms with Crippen molar-refractivity contribution in [2.45, 2.75) is 49.2 Å². The second kappa shape index (κ2) is 9.56. The maximum absolute atomic E-state index is 12.6. The van der Waals surface area contributed by atoms with E-state index >= 15 is 0 Å². The Hall–Kier alpha value is -1.86. The van der Waals surface area contributed by atoms with Crippen LogP contribution in [0.3, 0.4) is 0 Å². The maximum atomic E-state index is 12.6. The quantitative estimate of drug-likeness (QED) is 0.662. The second-order valence-corrected chi connectivity index (χ2v) is 10.5. The molecule has 1 aromatic carbocycles. The predicted octanol–water partition coefficient (Wildman–Crippen LogP) is 4.66. The average Bonchev–Trinajstić information content (AvgIpc) is 3.14. The SMILES string of the molecule is CN(c1ccc(C(=O)NCCC2CCCCCC2)cc1)S(=O)(=O)c1cccs1. The largest absolute Gasteiger partial charge is 0.352 e. The van der Waals surface area contributed by atoms with E-state index < -0.39 is 10.0 Å². The minimum Gasteiger partial charge on any atom is -0.352 e. The minimum absolute atomic E-state index is 0.107. The number of nitrogens with zero attached hydrogens (tertiary/aromatic N) is 1. The molecule has 1 heterocycles. The van der Waals surface area contributed by atoms with Gasteiger partial charge in [-0.25, -0.2) is 8.42 Å². The molecule has 0 atom stereocenters. The molecule has 1 saturated carbocycles. The molecule has 0 radical (unpaired) electrons. The van der Waals surface area contributed by atoms with Crippen molar-refractivity contribution >= 4 is 33.0 Å². The van der Waals surface area contributed by atoms with Crippen molar-refractivity contribution in [2.24, 2.45) is 5.92 Å². The third kappa shape index (κ3) is 5.14. The Morgan fingerprint density at radius 2 is 1.79 bits per heavy atom. The van der Waals surface area contributed by atoms with Crippen molar-refractivity contribution in [3.63, 3.8) is 0 Å². The zero-order valence-electron chi connectivity index (χ0n) is 16.3. The molecule has 1 N–H and O–H groups in total. The van der Waals surface area contributed by atoms with Gasteiger partial charge >= 0.3 is 0 Å². The first kappa shape index (κ1) is 20.9. The molecule has 1 aliphatic carbocycles. The summed E-state index contributed by atoms with van der Waals surface area (Å²) in [6.07, 6.45) is 8.87. The van der Waals surface area contributed by atoms with Crippen LogP contribution < -0.4 is 9.62 Å². The number of benzene rings is 1. The monoisotopic (exact) mass is 420 g/mol. The number of nitrogens with one attached hydrogen (secondary N) is 1. The molecule has 0 bridgehead atoms. The molecule has 3 rings (SSSR count). The topological polar surface area (TPSA) is 66.5 Å². The number of carbonyl (C=O) groups is 1. The van der Waals surface area contributed by atoms with Gasteiger partial charge in [-0.3, -0.25) is 9.10 Å². The Balaban J connectivity index is 1.55. The molecule has 1 aliphatic rings. The second-order valence-electron chi connectivity index (χ2n) is 7.35. The third-order valence-corrected chi connectivity index (χ3v) is 8.57. The molecule has 28 heavy (non-hydrogen) atoms. The molecule has 0 unspecified atom stereocenters. The molecular formula is C21H28N2O3S2. The van der Waals surface area contributed by atoms with Crippen molar-refractivity contribution in [1.82, 2.24) is 5.32 Å². The Labute approximate surface area is 171 Å². The van der Waals surface area contributed by atoms with Crippen molar-refractivity contribution in [3.8, 4) is 0 Å². The molecule has 0 spiro atoms. The fourth-order valence-corrected chi connectivity index (χ4v) is 6.01. The number of rotatable bonds is 7. The summed E-state index contributed by atoms with van der Waals surface area (Å²) in [6.45, 7) is 0.692. The summed E-state index contributed by atoms with van der Waals surface area (Å²) in [5.41, 5.74) is 1.08. The van der Waals surface area contributed by atoms with Gasteiger partial charge in [0.25, 0.3) is 15.9 Å². The lowest BCUT2D eigenvalue weighted by atomic mass is 9.97. The smallest absolute Gasteiger partial charge is 0.273 e. The zero-order chi connectivity index (χ0) is 20.0. The van der Waals surface area contributed by atoms with E-state index in [0.717, 1.165) is 12.3 Å². The standard InChI is InChI=1S/C21H28N2O3S2/c1-23(28(25,26)20-9-6-16-27-20)19-12-10-18(11-13-19)21(24)22-15-14-17-7-4-2-3-5-8-17/h6,9-13,16-17H,2-5,7-8,14-15H2,1H3,(H,22,24). The molecule has 5 nitrogen and oxygen atoms in total. The van der Waals surface area contributed by atoms with Gasteiger partial charge in [0.1, 0.15) is 4.21 Å². The molecule has 1 aromatic heterocycles. The van der Waals surface area contributed by atoms with Crippen LogP contribution in [0.15, 0.2) is 46.0 Å². The number of hydrogen-bond donors (Lipinski definition) is 1. The van der Waals surface area contributed by atoms with Crippen LogP contribution in [0.5, 0.6) is 0 Å². The summed E-state index contributed by atoms with van der Waals surface area (Å²) < 4.78 is 26.7. The van der Waals surface area contributed by atoms with Gasteiger partial charge in [-0.1, -0.05) is 44.6 Å². The van der Waals surface area contributed by atoms with E-state index in [4.69, 9.17) is 0 Å². The fourth-order valence-electron chi connectivity index (χ4n) is 3.65. The van der Waals surface area contributed by atoms with Gasteiger partial charge in [0, 0.05) is 19.2 Å². The van der Waals surface area contributed by atoms with Gasteiger partial charge in [0.05, 0.1) is 5.69 Å². The maximum Gasteiger partial charge on any atom is 0.273 e. The van der Waals surface area contributed by atoms with Gasteiger partial charge in [-0.05, 0) is 48.1 Å². The molecule has 1 fully saturated rings. The van der Waals surface area contributed by atoms with Crippen molar-refractivity contribution in [2.75, 3.05) is 17.9 Å². The van der Waals surface area contributed by atoms with Crippen LogP contribution in [0.1, 0.15) is 55.3 Å². The number of thiophene rings is 1. The molecule has 152 valence electrons. The Morgan fingerprint density at radius 3 is 2.39 bits per heavy atom. The number of sulfonamides is 1. The van der Waals surface area contributed by atoms with Crippen LogP contribution in [0.4, 0.5) is 5.69 Å². The van der Waals surface area contributed by atoms with Gasteiger partial charge in [-0.2, -0.15) is 0 Å². The highest BCUT2D eigenvalue weighted by molar-refractivity contribution is 7.94. The minimum atomic E-state index is -3.56. The van der Waals surface area contributed by atoms with E-state index in [9.17, 15) is 13.2 Å². The van der Waals surface area contributed by atoms with Gasteiger partial charge < -0.3 is 5.32 Å². The van der Waals surface area contributed by atoms with Crippen LogP contribution >= 0.6 is 11.3 Å². The lowest BCUT2D eigenvalue weighted by Gasteiger charge is -2.18. The molecule has 2 aromatic rings. The summed E-state index contributed by atoms with van der Waals surface area (Å²) in [4.78, 5) is 12.4. The highest BCUT2D eigenvalue weighted by Gasteiger charge is 2.22. The lowest BCUT2D eigenvalue weighted by Crippen LogP contribution is -2.27. The van der Waals surface area contributed by atoms with Crippen molar-refractivity contribution in [3.05, 3.63) is 47.3 Å². The molecule has 1 amide bonds. The summed E-state index contributed by atoms with van der Waals surface area (Å²) in [7, 11) is -2.04. The van der Waals surface area contributed by atoms with E-state index in [1.54, 1.807) is 41.8 Å². The Bertz CT molecular complexity index is 854. The summed E-state index contributed by atoms with van der Waals surface area (Å²) in [5, 5.41) is 4.74. The number of hydrogen-bond acceptors (Lipinski definition) is 4. The first-order chi connectivity index (χ1) is 13.5. The van der Waals surface area contributed by atoms with Crippen LogP contribution in [-0.4, -0.2) is 27.9 Å². The summed E-state index contributed by atoms with van der Waals surface area (Å²) >= 11 is 1.19. The highest BCUT2D eigenvalue weighted by Crippen LogP contribution is 2.26. The third-order valence-electron chi connectivity index (χ3n) is 5.42. The summed E-state index contributed by atoms with van der Waals surface area (Å²) in [6, 6.07) is 10.0. The van der Waals surface area contributed by atoms with Gasteiger partial charge in [-0.15, -0.1) is 11.3 Å². The molecule has 0 aliphatic heterocycles. The molecular weight excluding hydrogens is 392 g/mol. The first-order valence-corrected chi connectivity index (χ1v) is 12.2. The van der Waals surface area contributed by atoms with Crippen LogP contribution in [0.25, 0.3) is 0 Å². The van der Waals surface area contributed by atoms with E-state index in [0.29, 0.717) is 22.0 Å². The first-order valence-electron chi connectivity index (χ1n) is 9.89. The number of carbonyl (C=O) groups excluding carboxylic acids is 1. The number of amides is 1. The van der Waals surface area contributed by atoms with E-state index in [-0.39, 0.29) is 5.91 Å². The fraction of sp³-hybridized carbons (Fsp3) is 0.476. The van der Waals surface area contributed by atoms with E-state index in [1.165, 1.54) is 61.2 Å². The predicted molar refractivity (Wildman–Crippen MR) is 114 cm³/mol. The molecule has 7 heteroatoms. The Kier molecular flexibility index (Phi) is 7.13. The molecule has 0 saturated heterocycles. The van der Waals surface area contributed by atoms with Crippen LogP contribution in [-0.2, 0) is 10.0 Å². The van der Waals surface area contributed by atoms with Crippen molar-refractivity contribution in [1.29, 1.82) is 0 Å². The normalized spacial score (nSPS) is 15.8. The van der Waals surface area contributed by atoms with Gasteiger partial charge in [0.2, 0.25) is 0 Å². The van der Waals surface area contributed by atoms with Crippen LogP contribution in [0, 0.1) is 5.92 Å². The average molecular weight is 421 g/mol.